The van der Waals surface area contributed by atoms with Crippen LogP contribution in [-0.4, -0.2) is 52.4 Å². The highest BCUT2D eigenvalue weighted by Crippen LogP contribution is 2.30. The van der Waals surface area contributed by atoms with E-state index >= 15 is 0 Å². The second kappa shape index (κ2) is 12.2. The lowest BCUT2D eigenvalue weighted by atomic mass is 10.0. The van der Waals surface area contributed by atoms with Gasteiger partial charge in [-0.3, -0.25) is 19.5 Å². The maximum atomic E-state index is 13.1. The molecule has 3 rings (SSSR count). The second-order valence-corrected chi connectivity index (χ2v) is 10.5. The van der Waals surface area contributed by atoms with Gasteiger partial charge in [-0.15, -0.1) is 11.3 Å². The summed E-state index contributed by atoms with van der Waals surface area (Å²) in [5, 5.41) is 6.25. The lowest BCUT2D eigenvalue weighted by Gasteiger charge is -2.30. The summed E-state index contributed by atoms with van der Waals surface area (Å²) in [5.41, 5.74) is 8.61. The topological polar surface area (TPSA) is 122 Å². The molecule has 2 aromatic heterocycles. The van der Waals surface area contributed by atoms with Crippen molar-refractivity contribution in [3.8, 4) is 0 Å². The normalized spacial score (nSPS) is 16.5. The molecule has 2 aromatic rings. The molecule has 0 radical (unpaired) electrons. The van der Waals surface area contributed by atoms with Gasteiger partial charge in [0.25, 0.3) is 5.91 Å². The average molecular weight is 525 g/mol. The first-order chi connectivity index (χ1) is 17.6. The predicted octanol–water partition coefficient (Wildman–Crippen LogP) is 4.55. The molecule has 0 saturated carbocycles. The number of hydrogen-bond acceptors (Lipinski definition) is 8. The van der Waals surface area contributed by atoms with Crippen LogP contribution in [0.25, 0.3) is 11.1 Å². The van der Waals surface area contributed by atoms with E-state index in [1.54, 1.807) is 32.5 Å². The summed E-state index contributed by atoms with van der Waals surface area (Å²) in [7, 11) is 1.61. The SMILES string of the molecule is C/C=C(\C=C(/C)OC)c1cnc(/C(=C\N)C(=O)Nc2cc(NC(=O)CN3CCCC3(C)C)cnc2C)s1. The Kier molecular flexibility index (Phi) is 9.23. The summed E-state index contributed by atoms with van der Waals surface area (Å²) in [6, 6.07) is 1.70. The Morgan fingerprint density at radius 2 is 2.03 bits per heavy atom. The molecule has 0 unspecified atom stereocenters. The quantitative estimate of drug-likeness (QED) is 0.250. The van der Waals surface area contributed by atoms with E-state index in [0.29, 0.717) is 28.6 Å². The van der Waals surface area contributed by atoms with Crippen LogP contribution in [0.3, 0.4) is 0 Å². The molecule has 0 spiro atoms. The highest BCUT2D eigenvalue weighted by atomic mass is 32.1. The van der Waals surface area contributed by atoms with Gasteiger partial charge >= 0.3 is 0 Å². The van der Waals surface area contributed by atoms with Crippen LogP contribution in [0.4, 0.5) is 11.4 Å². The molecule has 1 aliphatic heterocycles. The molecule has 0 atom stereocenters. The van der Waals surface area contributed by atoms with Crippen molar-refractivity contribution in [2.75, 3.05) is 30.8 Å². The molecular formula is C27H36N6O3S. The number of anilines is 2. The van der Waals surface area contributed by atoms with E-state index in [-0.39, 0.29) is 17.0 Å². The molecule has 0 aliphatic carbocycles. The summed E-state index contributed by atoms with van der Waals surface area (Å²) < 4.78 is 5.25. The van der Waals surface area contributed by atoms with Crippen molar-refractivity contribution in [2.45, 2.75) is 53.0 Å². The van der Waals surface area contributed by atoms with E-state index in [4.69, 9.17) is 10.5 Å². The molecule has 37 heavy (non-hydrogen) atoms. The van der Waals surface area contributed by atoms with E-state index in [0.717, 1.165) is 35.6 Å². The number of aromatic nitrogens is 2. The molecule has 4 N–H and O–H groups in total. The number of pyridine rings is 1. The number of methoxy groups -OCH3 is 1. The summed E-state index contributed by atoms with van der Waals surface area (Å²) in [4.78, 5) is 37.6. The molecule has 9 nitrogen and oxygen atoms in total. The van der Waals surface area contributed by atoms with Crippen LogP contribution < -0.4 is 16.4 Å². The minimum Gasteiger partial charge on any atom is -0.501 e. The monoisotopic (exact) mass is 524 g/mol. The molecule has 0 aromatic carbocycles. The predicted molar refractivity (Wildman–Crippen MR) is 150 cm³/mol. The third-order valence-electron chi connectivity index (χ3n) is 6.45. The van der Waals surface area contributed by atoms with Gasteiger partial charge in [0.05, 0.1) is 53.1 Å². The van der Waals surface area contributed by atoms with Crippen LogP contribution in [0, 0.1) is 6.92 Å². The van der Waals surface area contributed by atoms with Crippen molar-refractivity contribution < 1.29 is 14.3 Å². The van der Waals surface area contributed by atoms with Crippen LogP contribution >= 0.6 is 11.3 Å². The summed E-state index contributed by atoms with van der Waals surface area (Å²) in [6.45, 7) is 11.1. The van der Waals surface area contributed by atoms with Gasteiger partial charge in [0, 0.05) is 17.9 Å². The van der Waals surface area contributed by atoms with Crippen LogP contribution in [-0.2, 0) is 14.3 Å². The molecule has 0 bridgehead atoms. The number of aryl methyl sites for hydroxylation is 1. The number of nitrogens with zero attached hydrogens (tertiary/aromatic N) is 3. The van der Waals surface area contributed by atoms with E-state index in [2.05, 4.69) is 39.3 Å². The van der Waals surface area contributed by atoms with Crippen LogP contribution in [0.1, 0.15) is 56.1 Å². The molecule has 198 valence electrons. The number of amides is 2. The number of nitrogens with one attached hydrogen (secondary N) is 2. The van der Waals surface area contributed by atoms with Gasteiger partial charge < -0.3 is 21.1 Å². The first-order valence-electron chi connectivity index (χ1n) is 12.2. The van der Waals surface area contributed by atoms with E-state index < -0.39 is 5.91 Å². The smallest absolute Gasteiger partial charge is 0.260 e. The minimum atomic E-state index is -0.416. The summed E-state index contributed by atoms with van der Waals surface area (Å²) in [5.74, 6) is 0.226. The number of carbonyl (C=O) groups excluding carboxylic acids is 2. The summed E-state index contributed by atoms with van der Waals surface area (Å²) >= 11 is 1.35. The van der Waals surface area contributed by atoms with Gasteiger partial charge in [0.15, 0.2) is 0 Å². The zero-order chi connectivity index (χ0) is 27.2. The van der Waals surface area contributed by atoms with Crippen LogP contribution in [0.2, 0.25) is 0 Å². The Bertz CT molecular complexity index is 1240. The van der Waals surface area contributed by atoms with E-state index in [9.17, 15) is 9.59 Å². The highest BCUT2D eigenvalue weighted by Gasteiger charge is 2.32. The van der Waals surface area contributed by atoms with Gasteiger partial charge in [-0.2, -0.15) is 0 Å². The van der Waals surface area contributed by atoms with Crippen molar-refractivity contribution in [3.63, 3.8) is 0 Å². The Labute approximate surface area is 222 Å². The van der Waals surface area contributed by atoms with Gasteiger partial charge in [-0.1, -0.05) is 6.08 Å². The number of carbonyl (C=O) groups is 2. The number of thiazole rings is 1. The van der Waals surface area contributed by atoms with Gasteiger partial charge in [0.2, 0.25) is 5.91 Å². The standard InChI is InChI=1S/C27H36N6O3S/c1-7-19(11-17(2)36-6)23-15-30-26(37-23)21(13-28)25(35)32-22-12-20(14-29-18(22)3)31-24(34)16-33-10-8-9-27(33,4)5/h7,11-15H,8-10,16,28H2,1-6H3,(H,31,34)(H,32,35)/b17-11+,19-7+,21-13-. The zero-order valence-electron chi connectivity index (χ0n) is 22.3. The molecule has 1 saturated heterocycles. The maximum absolute atomic E-state index is 13.1. The van der Waals surface area contributed by atoms with Crippen molar-refractivity contribution >= 4 is 45.7 Å². The van der Waals surface area contributed by atoms with Crippen LogP contribution in [0.5, 0.6) is 0 Å². The fourth-order valence-electron chi connectivity index (χ4n) is 4.10. The minimum absolute atomic E-state index is 0.00916. The molecule has 3 heterocycles. The van der Waals surface area contributed by atoms with E-state index in [1.165, 1.54) is 17.5 Å². The first-order valence-corrected chi connectivity index (χ1v) is 13.0. The Morgan fingerprint density at radius 3 is 2.65 bits per heavy atom. The molecular weight excluding hydrogens is 488 g/mol. The number of rotatable bonds is 9. The Hall–Kier alpha value is -3.50. The number of hydrogen-bond donors (Lipinski definition) is 3. The van der Waals surface area contributed by atoms with Crippen molar-refractivity contribution in [3.05, 3.63) is 58.1 Å². The molecule has 1 aliphatic rings. The third kappa shape index (κ3) is 7.05. The van der Waals surface area contributed by atoms with Crippen molar-refractivity contribution in [1.82, 2.24) is 14.9 Å². The second-order valence-electron chi connectivity index (χ2n) is 9.51. The number of ether oxygens (including phenoxy) is 1. The lowest BCUT2D eigenvalue weighted by molar-refractivity contribution is -0.118. The van der Waals surface area contributed by atoms with Gasteiger partial charge in [-0.05, 0) is 71.7 Å². The summed E-state index contributed by atoms with van der Waals surface area (Å²) in [6.07, 6.45) is 10.5. The molecule has 2 amide bonds. The average Bonchev–Trinajstić information content (AvgIpc) is 3.46. The lowest BCUT2D eigenvalue weighted by Crippen LogP contribution is -2.42. The Balaban J connectivity index is 1.72. The van der Waals surface area contributed by atoms with Gasteiger partial charge in [0.1, 0.15) is 5.01 Å². The van der Waals surface area contributed by atoms with Crippen molar-refractivity contribution in [2.24, 2.45) is 5.73 Å². The molecule has 10 heteroatoms. The van der Waals surface area contributed by atoms with Crippen LogP contribution in [0.15, 0.2) is 42.6 Å². The van der Waals surface area contributed by atoms with Gasteiger partial charge in [-0.25, -0.2) is 4.98 Å². The third-order valence-corrected chi connectivity index (χ3v) is 7.53. The number of nitrogens with two attached hydrogens (primary N) is 1. The highest BCUT2D eigenvalue weighted by molar-refractivity contribution is 7.14. The van der Waals surface area contributed by atoms with E-state index in [1.807, 2.05) is 26.0 Å². The van der Waals surface area contributed by atoms with Crippen molar-refractivity contribution in [1.29, 1.82) is 0 Å². The maximum Gasteiger partial charge on any atom is 0.260 e. The Morgan fingerprint density at radius 1 is 1.27 bits per heavy atom. The fraction of sp³-hybridized carbons (Fsp3) is 0.407. The fourth-order valence-corrected chi connectivity index (χ4v) is 5.08. The molecule has 1 fully saturated rings. The first kappa shape index (κ1) is 28.1. The number of allylic oxidation sites excluding steroid dienone is 4. The largest absolute Gasteiger partial charge is 0.501 e. The number of likely N-dealkylation sites (tertiary alicyclic amines) is 1. The zero-order valence-corrected chi connectivity index (χ0v) is 23.2.